The van der Waals surface area contributed by atoms with E-state index in [9.17, 15) is 0 Å². The second-order valence-electron chi connectivity index (χ2n) is 9.53. The van der Waals surface area contributed by atoms with Crippen LogP contribution >= 0.6 is 11.7 Å². The number of rotatable bonds is 7. The Kier molecular flexibility index (Phi) is 6.31. The van der Waals surface area contributed by atoms with Gasteiger partial charge < -0.3 is 9.64 Å². The quantitative estimate of drug-likeness (QED) is 0.497. The Balaban J connectivity index is 2.02. The first-order valence-electron chi connectivity index (χ1n) is 9.29. The topological polar surface area (TPSA) is 38.3 Å². The number of likely N-dealkylation sites (N-methyl/N-ethyl adjacent to an activating group) is 1. The van der Waals surface area contributed by atoms with Crippen LogP contribution in [0.25, 0.3) is 5.57 Å². The highest BCUT2D eigenvalue weighted by Gasteiger charge is 2.44. The van der Waals surface area contributed by atoms with Crippen molar-refractivity contribution in [2.75, 3.05) is 26.7 Å². The minimum absolute atomic E-state index is 0.166. The van der Waals surface area contributed by atoms with E-state index in [0.717, 1.165) is 31.6 Å². The van der Waals surface area contributed by atoms with Crippen LogP contribution in [0.2, 0.25) is 15.6 Å². The number of hydrogen-bond acceptors (Lipinski definition) is 5. The van der Waals surface area contributed by atoms with E-state index in [2.05, 4.69) is 80.8 Å². The first kappa shape index (κ1) is 20.8. The highest BCUT2D eigenvalue weighted by Crippen LogP contribution is 2.57. The molecule has 2 rings (SSSR count). The van der Waals surface area contributed by atoms with Gasteiger partial charge in [-0.25, -0.2) is 0 Å². The second kappa shape index (κ2) is 7.59. The lowest BCUT2D eigenvalue weighted by molar-refractivity contribution is 0.284. The summed E-state index contributed by atoms with van der Waals surface area (Å²) in [4.78, 5) is 2.31. The molecule has 0 saturated carbocycles. The lowest BCUT2D eigenvalue weighted by Gasteiger charge is -2.52. The summed E-state index contributed by atoms with van der Waals surface area (Å²) in [7, 11) is 16.2. The van der Waals surface area contributed by atoms with Gasteiger partial charge in [-0.05, 0) is 25.5 Å². The minimum Gasteiger partial charge on any atom is -0.476 e. The number of nitrogens with zero attached hydrogens (tertiary/aromatic N) is 3. The van der Waals surface area contributed by atoms with Gasteiger partial charge in [0.25, 0.3) is 5.88 Å². The third-order valence-electron chi connectivity index (χ3n) is 6.64. The number of ether oxygens (including phenoxy) is 1. The molecule has 0 aromatic carbocycles. The molecule has 0 radical (unpaired) electrons. The van der Waals surface area contributed by atoms with Crippen LogP contribution in [0.15, 0.2) is 6.08 Å². The molecule has 0 atom stereocenters. The molecule has 1 aliphatic rings. The van der Waals surface area contributed by atoms with Gasteiger partial charge in [0.05, 0.1) is 65.4 Å². The van der Waals surface area contributed by atoms with Gasteiger partial charge in [0.15, 0.2) is 0 Å². The smallest absolute Gasteiger partial charge is 0.253 e. The average molecular weight is 352 g/mol. The van der Waals surface area contributed by atoms with Crippen molar-refractivity contribution in [3.8, 4) is 5.88 Å². The van der Waals surface area contributed by atoms with Gasteiger partial charge in [0.1, 0.15) is 5.69 Å². The predicted octanol–water partition coefficient (Wildman–Crippen LogP) is -2.81. The lowest BCUT2D eigenvalue weighted by Crippen LogP contribution is -2.42. The molecule has 4 nitrogen and oxygen atoms in total. The highest BCUT2D eigenvalue weighted by atomic mass is 32.1. The van der Waals surface area contributed by atoms with Crippen LogP contribution < -0.4 is 4.74 Å². The maximum atomic E-state index is 6.09. The molecule has 1 aromatic rings. The fraction of sp³-hybridized carbons (Fsp3) is 0.714. The van der Waals surface area contributed by atoms with E-state index >= 15 is 0 Å². The zero-order valence-electron chi connectivity index (χ0n) is 17.3. The standard InChI is InChI=1S/C14H29B6N3OS/c1-12(15,16)14(19,20)13(17,18)5-7-24-11-10(21-25-22-11)9-4-3-6-23(2)8-9/h4H,3,5-8,15-20H2,1-2H3. The van der Waals surface area contributed by atoms with Crippen LogP contribution in [-0.4, -0.2) is 87.5 Å². The largest absolute Gasteiger partial charge is 0.476 e. The molecule has 0 spiro atoms. The maximum absolute atomic E-state index is 6.09. The average Bonchev–Trinajstić information content (AvgIpc) is 2.94. The van der Waals surface area contributed by atoms with E-state index < -0.39 is 0 Å². The summed E-state index contributed by atoms with van der Waals surface area (Å²) in [6.45, 7) is 5.02. The molecule has 1 aromatic heterocycles. The minimum atomic E-state index is 0.166. The molecule has 130 valence electrons. The van der Waals surface area contributed by atoms with Gasteiger partial charge in [0.2, 0.25) is 0 Å². The van der Waals surface area contributed by atoms with Crippen LogP contribution in [0.5, 0.6) is 5.88 Å². The summed E-state index contributed by atoms with van der Waals surface area (Å²) >= 11 is 1.24. The molecule has 2 heterocycles. The molecule has 11 heteroatoms. The van der Waals surface area contributed by atoms with E-state index in [1.807, 2.05) is 0 Å². The monoisotopic (exact) mass is 353 g/mol. The van der Waals surface area contributed by atoms with Crippen molar-refractivity contribution < 1.29 is 4.74 Å². The van der Waals surface area contributed by atoms with Gasteiger partial charge in [0, 0.05) is 13.1 Å². The second-order valence-corrected chi connectivity index (χ2v) is 10.1. The summed E-state index contributed by atoms with van der Waals surface area (Å²) < 4.78 is 15.0. The predicted molar refractivity (Wildman–Crippen MR) is 125 cm³/mol. The van der Waals surface area contributed by atoms with E-state index in [1.165, 1.54) is 17.3 Å². The Morgan fingerprint density at radius 1 is 1.20 bits per heavy atom. The van der Waals surface area contributed by atoms with Crippen molar-refractivity contribution in [3.05, 3.63) is 11.8 Å². The number of hydrogen-bond donors (Lipinski definition) is 0. The number of aromatic nitrogens is 2. The summed E-state index contributed by atoms with van der Waals surface area (Å²) in [6, 6.07) is 0. The Hall–Kier alpha value is -0.550. The summed E-state index contributed by atoms with van der Waals surface area (Å²) in [5, 5.41) is 0.599. The first-order valence-corrected chi connectivity index (χ1v) is 10.0. The van der Waals surface area contributed by atoms with E-state index in [0.29, 0.717) is 12.5 Å². The van der Waals surface area contributed by atoms with Gasteiger partial charge in [-0.3, -0.25) is 0 Å². The third-order valence-corrected chi connectivity index (χ3v) is 7.15. The fourth-order valence-electron chi connectivity index (χ4n) is 3.27. The molecule has 0 amide bonds. The molecular formula is C14H29B6N3OS. The zero-order valence-corrected chi connectivity index (χ0v) is 18.1. The summed E-state index contributed by atoms with van der Waals surface area (Å²) in [5.74, 6) is 0.705. The third kappa shape index (κ3) is 4.60. The fourth-order valence-corrected chi connectivity index (χ4v) is 3.80. The van der Waals surface area contributed by atoms with Crippen molar-refractivity contribution in [1.29, 1.82) is 0 Å². The Morgan fingerprint density at radius 3 is 2.48 bits per heavy atom. The molecule has 0 N–H and O–H groups in total. The molecule has 0 unspecified atom stereocenters. The molecule has 0 fully saturated rings. The van der Waals surface area contributed by atoms with Crippen LogP contribution in [0.1, 0.15) is 25.5 Å². The van der Waals surface area contributed by atoms with E-state index in [-0.39, 0.29) is 15.6 Å². The highest BCUT2D eigenvalue weighted by molar-refractivity contribution is 6.99. The first-order chi connectivity index (χ1) is 11.5. The molecule has 0 aliphatic carbocycles. The van der Waals surface area contributed by atoms with Crippen LogP contribution in [-0.2, 0) is 0 Å². The normalized spacial score (nSPS) is 17.3. The van der Waals surface area contributed by atoms with Gasteiger partial charge >= 0.3 is 0 Å². The lowest BCUT2D eigenvalue weighted by atomic mass is 9.18. The molecular weight excluding hydrogens is 323 g/mol. The van der Waals surface area contributed by atoms with Gasteiger partial charge in [-0.1, -0.05) is 23.4 Å². The van der Waals surface area contributed by atoms with Crippen LogP contribution in [0, 0.1) is 0 Å². The molecule has 0 bridgehead atoms. The molecule has 0 saturated heterocycles. The summed E-state index contributed by atoms with van der Waals surface area (Å²) in [5.41, 5.74) is 2.18. The summed E-state index contributed by atoms with van der Waals surface area (Å²) in [6.07, 6.45) is 4.33. The van der Waals surface area contributed by atoms with Crippen molar-refractivity contribution in [2.45, 2.75) is 35.4 Å². The Bertz CT molecular complexity index is 628. The van der Waals surface area contributed by atoms with Crippen molar-refractivity contribution >= 4 is 64.4 Å². The van der Waals surface area contributed by atoms with Crippen molar-refractivity contribution in [3.63, 3.8) is 0 Å². The van der Waals surface area contributed by atoms with Crippen molar-refractivity contribution in [1.82, 2.24) is 13.6 Å². The zero-order chi connectivity index (χ0) is 18.9. The molecule has 25 heavy (non-hydrogen) atoms. The van der Waals surface area contributed by atoms with Gasteiger partial charge in [-0.2, -0.15) is 4.37 Å². The maximum Gasteiger partial charge on any atom is 0.253 e. The van der Waals surface area contributed by atoms with E-state index in [1.54, 1.807) is 0 Å². The van der Waals surface area contributed by atoms with Gasteiger partial charge in [-0.15, -0.1) is 9.59 Å². The van der Waals surface area contributed by atoms with E-state index in [4.69, 9.17) is 4.74 Å². The van der Waals surface area contributed by atoms with Crippen LogP contribution in [0.3, 0.4) is 0 Å². The Labute approximate surface area is 162 Å². The van der Waals surface area contributed by atoms with Crippen molar-refractivity contribution in [2.24, 2.45) is 0 Å². The Morgan fingerprint density at radius 2 is 1.88 bits per heavy atom. The SMILES string of the molecule is BC(B)(C)C(B)(B)C(B)(B)CCOc1nsnc1C1=CCCN(C)C1. The van der Waals surface area contributed by atoms with Crippen LogP contribution in [0.4, 0.5) is 0 Å². The molecule has 1 aliphatic heterocycles.